The molecule has 3 unspecified atom stereocenters. The van der Waals surface area contributed by atoms with Crippen LogP contribution in [0.4, 0.5) is 0 Å². The second kappa shape index (κ2) is 14.2. The first-order chi connectivity index (χ1) is 12.8. The monoisotopic (exact) mass is 394 g/mol. The molecule has 0 radical (unpaired) electrons. The van der Waals surface area contributed by atoms with E-state index in [4.69, 9.17) is 4.74 Å². The van der Waals surface area contributed by atoms with Crippen molar-refractivity contribution in [1.29, 1.82) is 0 Å². The summed E-state index contributed by atoms with van der Waals surface area (Å²) in [6, 6.07) is 8.84. The van der Waals surface area contributed by atoms with Gasteiger partial charge in [-0.05, 0) is 62.1 Å². The molecule has 0 saturated carbocycles. The molecule has 0 aliphatic carbocycles. The van der Waals surface area contributed by atoms with Gasteiger partial charge >= 0.3 is 0 Å². The normalized spacial score (nSPS) is 13.5. The third-order valence-corrected chi connectivity index (χ3v) is 6.24. The molecule has 0 N–H and O–H groups in total. The van der Waals surface area contributed by atoms with Crippen molar-refractivity contribution in [3.63, 3.8) is 0 Å². The van der Waals surface area contributed by atoms with Gasteiger partial charge in [0.25, 0.3) is 6.47 Å². The van der Waals surface area contributed by atoms with Gasteiger partial charge in [0.05, 0.1) is 0 Å². The SMILES string of the molecule is CCCC(CC)C(CC)(CC)OC=O.Cc1ccc(C(P)CC(C)C)cc1. The standard InChI is InChI=1S/C12H24O2.C12H19P/c1-5-9-11(6-2)12(7-3,8-4)14-10-13;1-9(2)8-12(13)11-6-4-10(3)5-7-11/h10-11H,5-9H2,1-4H3;4-7,9,12H,8,13H2,1-3H3. The van der Waals surface area contributed by atoms with Gasteiger partial charge in [0.15, 0.2) is 0 Å². The number of hydrogen-bond donors (Lipinski definition) is 0. The van der Waals surface area contributed by atoms with E-state index < -0.39 is 0 Å². The first kappa shape index (κ1) is 26.1. The van der Waals surface area contributed by atoms with Crippen LogP contribution in [0.2, 0.25) is 0 Å². The molecule has 156 valence electrons. The molecule has 0 aliphatic heterocycles. The molecule has 3 atom stereocenters. The molecule has 0 fully saturated rings. The Morgan fingerprint density at radius 3 is 2.00 bits per heavy atom. The molecule has 3 heteroatoms. The molecule has 0 spiro atoms. The van der Waals surface area contributed by atoms with Gasteiger partial charge in [-0.1, -0.05) is 77.8 Å². The van der Waals surface area contributed by atoms with Crippen LogP contribution in [0.1, 0.15) is 96.9 Å². The zero-order valence-electron chi connectivity index (χ0n) is 18.8. The Hall–Kier alpha value is -0.880. The number of aryl methyl sites for hydroxylation is 1. The highest BCUT2D eigenvalue weighted by molar-refractivity contribution is 7.17. The van der Waals surface area contributed by atoms with E-state index in [1.165, 1.54) is 17.5 Å². The Bertz CT molecular complexity index is 492. The molecular weight excluding hydrogens is 351 g/mol. The zero-order valence-corrected chi connectivity index (χ0v) is 19.9. The van der Waals surface area contributed by atoms with Crippen molar-refractivity contribution in [2.75, 3.05) is 0 Å². The van der Waals surface area contributed by atoms with Crippen LogP contribution in [-0.2, 0) is 9.53 Å². The number of carbonyl (C=O) groups is 1. The van der Waals surface area contributed by atoms with E-state index >= 15 is 0 Å². The van der Waals surface area contributed by atoms with Crippen LogP contribution in [0, 0.1) is 18.8 Å². The maximum atomic E-state index is 10.5. The molecule has 1 aromatic rings. The van der Waals surface area contributed by atoms with E-state index in [2.05, 4.69) is 82.0 Å². The number of carbonyl (C=O) groups excluding carboxylic acids is 1. The summed E-state index contributed by atoms with van der Waals surface area (Å²) < 4.78 is 5.35. The second-order valence-electron chi connectivity index (χ2n) is 8.03. The first-order valence-electron chi connectivity index (χ1n) is 10.7. The fourth-order valence-electron chi connectivity index (χ4n) is 3.83. The van der Waals surface area contributed by atoms with Crippen LogP contribution in [0.25, 0.3) is 0 Å². The van der Waals surface area contributed by atoms with Crippen LogP contribution < -0.4 is 0 Å². The third kappa shape index (κ3) is 9.24. The lowest BCUT2D eigenvalue weighted by Gasteiger charge is -2.37. The minimum atomic E-state index is -0.216. The van der Waals surface area contributed by atoms with Gasteiger partial charge in [-0.3, -0.25) is 4.79 Å². The number of hydrogen-bond acceptors (Lipinski definition) is 2. The van der Waals surface area contributed by atoms with Crippen molar-refractivity contribution >= 4 is 15.7 Å². The second-order valence-corrected chi connectivity index (χ2v) is 8.83. The summed E-state index contributed by atoms with van der Waals surface area (Å²) >= 11 is 0. The highest BCUT2D eigenvalue weighted by atomic mass is 31.0. The van der Waals surface area contributed by atoms with Crippen LogP contribution in [0.5, 0.6) is 0 Å². The predicted molar refractivity (Wildman–Crippen MR) is 122 cm³/mol. The van der Waals surface area contributed by atoms with Crippen LogP contribution in [0.15, 0.2) is 24.3 Å². The summed E-state index contributed by atoms with van der Waals surface area (Å²) in [5.74, 6) is 1.27. The van der Waals surface area contributed by atoms with Gasteiger partial charge in [0.2, 0.25) is 0 Å². The van der Waals surface area contributed by atoms with Crippen molar-refractivity contribution in [2.45, 2.75) is 98.3 Å². The van der Waals surface area contributed by atoms with Crippen molar-refractivity contribution in [3.05, 3.63) is 35.4 Å². The van der Waals surface area contributed by atoms with Crippen molar-refractivity contribution < 1.29 is 9.53 Å². The molecule has 0 bridgehead atoms. The molecular formula is C24H43O2P. The highest BCUT2D eigenvalue weighted by Gasteiger charge is 2.35. The highest BCUT2D eigenvalue weighted by Crippen LogP contribution is 2.34. The van der Waals surface area contributed by atoms with Crippen LogP contribution >= 0.6 is 9.24 Å². The fraction of sp³-hybridized carbons (Fsp3) is 0.708. The van der Waals surface area contributed by atoms with E-state index in [9.17, 15) is 4.79 Å². The summed E-state index contributed by atoms with van der Waals surface area (Å²) in [6.45, 7) is 15.8. The zero-order chi connectivity index (χ0) is 20.9. The van der Waals surface area contributed by atoms with E-state index in [0.29, 0.717) is 18.0 Å². The van der Waals surface area contributed by atoms with Gasteiger partial charge in [-0.15, -0.1) is 9.24 Å². The lowest BCUT2D eigenvalue weighted by atomic mass is 9.78. The van der Waals surface area contributed by atoms with Gasteiger partial charge in [0, 0.05) is 0 Å². The van der Waals surface area contributed by atoms with Gasteiger partial charge in [0.1, 0.15) is 5.60 Å². The molecule has 27 heavy (non-hydrogen) atoms. The van der Waals surface area contributed by atoms with E-state index in [-0.39, 0.29) is 5.60 Å². The predicted octanol–water partition coefficient (Wildman–Crippen LogP) is 7.50. The molecule has 1 aromatic carbocycles. The van der Waals surface area contributed by atoms with Crippen molar-refractivity contribution in [3.8, 4) is 0 Å². The smallest absolute Gasteiger partial charge is 0.293 e. The van der Waals surface area contributed by atoms with Crippen molar-refractivity contribution in [1.82, 2.24) is 0 Å². The minimum Gasteiger partial charge on any atom is -0.461 e. The number of ether oxygens (including phenoxy) is 1. The molecule has 2 nitrogen and oxygen atoms in total. The van der Waals surface area contributed by atoms with Crippen LogP contribution in [-0.4, -0.2) is 12.1 Å². The van der Waals surface area contributed by atoms with Gasteiger partial charge < -0.3 is 4.74 Å². The number of rotatable bonds is 11. The van der Waals surface area contributed by atoms with Crippen LogP contribution in [0.3, 0.4) is 0 Å². The Labute approximate surface area is 171 Å². The average molecular weight is 395 g/mol. The quantitative estimate of drug-likeness (QED) is 0.287. The summed E-state index contributed by atoms with van der Waals surface area (Å²) in [5, 5.41) is 0. The van der Waals surface area contributed by atoms with Crippen molar-refractivity contribution in [2.24, 2.45) is 11.8 Å². The lowest BCUT2D eigenvalue weighted by molar-refractivity contribution is -0.152. The summed E-state index contributed by atoms with van der Waals surface area (Å²) in [4.78, 5) is 10.5. The first-order valence-corrected chi connectivity index (χ1v) is 11.4. The summed E-state index contributed by atoms with van der Waals surface area (Å²) in [6.07, 6.45) is 6.47. The Morgan fingerprint density at radius 1 is 1.07 bits per heavy atom. The largest absolute Gasteiger partial charge is 0.461 e. The molecule has 0 amide bonds. The topological polar surface area (TPSA) is 26.3 Å². The third-order valence-electron chi connectivity index (χ3n) is 5.58. The van der Waals surface area contributed by atoms with Gasteiger partial charge in [-0.25, -0.2) is 0 Å². The lowest BCUT2D eigenvalue weighted by Crippen LogP contribution is -2.39. The molecule has 0 aromatic heterocycles. The molecule has 0 aliphatic rings. The van der Waals surface area contributed by atoms with Gasteiger partial charge in [-0.2, -0.15) is 0 Å². The Kier molecular flexibility index (Phi) is 13.7. The van der Waals surface area contributed by atoms with E-state index in [1.807, 2.05) is 0 Å². The maximum absolute atomic E-state index is 10.5. The maximum Gasteiger partial charge on any atom is 0.293 e. The molecule has 0 saturated heterocycles. The fourth-order valence-corrected chi connectivity index (χ4v) is 4.60. The summed E-state index contributed by atoms with van der Waals surface area (Å²) in [5.41, 5.74) is 3.17. The number of benzene rings is 1. The Balaban J connectivity index is 0.000000501. The molecule has 1 rings (SSSR count). The molecule has 0 heterocycles. The minimum absolute atomic E-state index is 0.216. The van der Waals surface area contributed by atoms with E-state index in [0.717, 1.165) is 38.0 Å². The Morgan fingerprint density at radius 2 is 1.63 bits per heavy atom. The average Bonchev–Trinajstić information content (AvgIpc) is 2.65. The summed E-state index contributed by atoms with van der Waals surface area (Å²) in [7, 11) is 2.93. The van der Waals surface area contributed by atoms with E-state index in [1.54, 1.807) is 0 Å².